The third kappa shape index (κ3) is 4.91. The van der Waals surface area contributed by atoms with Gasteiger partial charge in [-0.3, -0.25) is 14.5 Å². The number of carbonyl (C=O) groups excluding carboxylic acids is 2. The lowest BCUT2D eigenvalue weighted by Crippen LogP contribution is -2.52. The fourth-order valence-electron chi connectivity index (χ4n) is 3.60. The van der Waals surface area contributed by atoms with Crippen LogP contribution >= 0.6 is 0 Å². The van der Waals surface area contributed by atoms with E-state index in [0.29, 0.717) is 13.1 Å². The maximum Gasteiger partial charge on any atom is 0.234 e. The van der Waals surface area contributed by atoms with Crippen molar-refractivity contribution in [3.8, 4) is 0 Å². The third-order valence-electron chi connectivity index (χ3n) is 5.25. The molecule has 2 N–H and O–H groups in total. The van der Waals surface area contributed by atoms with E-state index in [2.05, 4.69) is 15.5 Å². The molecule has 0 radical (unpaired) electrons. The molecule has 6 heteroatoms. The summed E-state index contributed by atoms with van der Waals surface area (Å²) in [6, 6.07) is 0.197. The first-order valence-electron chi connectivity index (χ1n) is 9.12. The summed E-state index contributed by atoms with van der Waals surface area (Å²) in [5, 5.41) is 6.14. The first-order valence-corrected chi connectivity index (χ1v) is 9.12. The number of piperidine rings is 1. The number of amides is 2. The van der Waals surface area contributed by atoms with Gasteiger partial charge in [0.25, 0.3) is 0 Å². The standard InChI is InChI=1S/C17H29N3O3/c21-16(18-10-15-7-3-9-23-15)12-20-8-2-6-14(11-20)19-17(22)13-4-1-5-13/h13-15H,1-12H2,(H,18,21)(H,19,22). The number of carbonyl (C=O) groups is 2. The molecular formula is C17H29N3O3. The highest BCUT2D eigenvalue weighted by atomic mass is 16.5. The molecule has 3 rings (SSSR count). The van der Waals surface area contributed by atoms with Crippen LogP contribution in [0.1, 0.15) is 44.9 Å². The van der Waals surface area contributed by atoms with Crippen LogP contribution in [0.5, 0.6) is 0 Å². The second kappa shape index (κ2) is 8.11. The predicted octanol–water partition coefficient (Wildman–Crippen LogP) is 0.662. The molecule has 2 unspecified atom stereocenters. The molecule has 23 heavy (non-hydrogen) atoms. The maximum absolute atomic E-state index is 12.1. The Morgan fingerprint density at radius 1 is 1.09 bits per heavy atom. The van der Waals surface area contributed by atoms with Crippen LogP contribution in [0.4, 0.5) is 0 Å². The van der Waals surface area contributed by atoms with Crippen LogP contribution in [-0.2, 0) is 14.3 Å². The highest BCUT2D eigenvalue weighted by Gasteiger charge is 2.29. The van der Waals surface area contributed by atoms with E-state index in [9.17, 15) is 9.59 Å². The molecule has 2 saturated heterocycles. The van der Waals surface area contributed by atoms with Crippen molar-refractivity contribution in [2.24, 2.45) is 5.92 Å². The SMILES string of the molecule is O=C(CN1CCCC(NC(=O)C2CCC2)C1)NCC1CCCO1. The molecule has 2 aliphatic heterocycles. The van der Waals surface area contributed by atoms with Gasteiger partial charge in [-0.05, 0) is 45.1 Å². The Morgan fingerprint density at radius 2 is 1.96 bits per heavy atom. The number of nitrogens with one attached hydrogen (secondary N) is 2. The van der Waals surface area contributed by atoms with Gasteiger partial charge in [0.15, 0.2) is 0 Å². The summed E-state index contributed by atoms with van der Waals surface area (Å²) in [7, 11) is 0. The highest BCUT2D eigenvalue weighted by Crippen LogP contribution is 2.26. The predicted molar refractivity (Wildman–Crippen MR) is 86.9 cm³/mol. The maximum atomic E-state index is 12.1. The first-order chi connectivity index (χ1) is 11.2. The Hall–Kier alpha value is -1.14. The molecule has 3 aliphatic rings. The van der Waals surface area contributed by atoms with E-state index >= 15 is 0 Å². The third-order valence-corrected chi connectivity index (χ3v) is 5.25. The summed E-state index contributed by atoms with van der Waals surface area (Å²) in [5.74, 6) is 0.512. The Balaban J connectivity index is 1.35. The topological polar surface area (TPSA) is 70.7 Å². The number of rotatable bonds is 6. The molecule has 1 saturated carbocycles. The quantitative estimate of drug-likeness (QED) is 0.753. The largest absolute Gasteiger partial charge is 0.376 e. The number of nitrogens with zero attached hydrogens (tertiary/aromatic N) is 1. The molecule has 1 aliphatic carbocycles. The summed E-state index contributed by atoms with van der Waals surface area (Å²) < 4.78 is 5.52. The van der Waals surface area contributed by atoms with Gasteiger partial charge in [0.2, 0.25) is 11.8 Å². The van der Waals surface area contributed by atoms with E-state index in [1.54, 1.807) is 0 Å². The fraction of sp³-hybridized carbons (Fsp3) is 0.882. The first kappa shape index (κ1) is 16.7. The van der Waals surface area contributed by atoms with E-state index in [4.69, 9.17) is 4.74 Å². The second-order valence-corrected chi connectivity index (χ2v) is 7.15. The Morgan fingerprint density at radius 3 is 2.65 bits per heavy atom. The van der Waals surface area contributed by atoms with Gasteiger partial charge in [0, 0.05) is 31.7 Å². The minimum Gasteiger partial charge on any atom is -0.376 e. The van der Waals surface area contributed by atoms with Crippen LogP contribution in [0.3, 0.4) is 0 Å². The van der Waals surface area contributed by atoms with Gasteiger partial charge in [-0.25, -0.2) is 0 Å². The van der Waals surface area contributed by atoms with Crippen LogP contribution in [0.15, 0.2) is 0 Å². The average Bonchev–Trinajstić information content (AvgIpc) is 2.97. The smallest absolute Gasteiger partial charge is 0.234 e. The summed E-state index contributed by atoms with van der Waals surface area (Å²) in [5.41, 5.74) is 0. The molecule has 2 amide bonds. The molecule has 0 aromatic heterocycles. The van der Waals surface area contributed by atoms with E-state index in [-0.39, 0.29) is 29.9 Å². The number of likely N-dealkylation sites (tertiary alicyclic amines) is 1. The molecule has 0 aromatic carbocycles. The lowest BCUT2D eigenvalue weighted by Gasteiger charge is -2.34. The minimum atomic E-state index is 0.0615. The lowest BCUT2D eigenvalue weighted by molar-refractivity contribution is -0.128. The minimum absolute atomic E-state index is 0.0615. The van der Waals surface area contributed by atoms with Crippen LogP contribution in [0.2, 0.25) is 0 Å². The van der Waals surface area contributed by atoms with Gasteiger partial charge in [0.05, 0.1) is 12.6 Å². The monoisotopic (exact) mass is 323 g/mol. The van der Waals surface area contributed by atoms with Crippen molar-refractivity contribution in [1.29, 1.82) is 0 Å². The van der Waals surface area contributed by atoms with E-state index in [0.717, 1.165) is 58.2 Å². The van der Waals surface area contributed by atoms with Gasteiger partial charge < -0.3 is 15.4 Å². The highest BCUT2D eigenvalue weighted by molar-refractivity contribution is 5.80. The summed E-state index contributed by atoms with van der Waals surface area (Å²) in [6.45, 7) is 3.57. The van der Waals surface area contributed by atoms with E-state index in [1.807, 2.05) is 0 Å². The van der Waals surface area contributed by atoms with Gasteiger partial charge >= 0.3 is 0 Å². The van der Waals surface area contributed by atoms with Crippen molar-refractivity contribution in [2.45, 2.75) is 57.1 Å². The molecule has 3 fully saturated rings. The van der Waals surface area contributed by atoms with Crippen LogP contribution in [-0.4, -0.2) is 61.6 Å². The molecule has 0 aromatic rings. The van der Waals surface area contributed by atoms with Crippen LogP contribution < -0.4 is 10.6 Å². The van der Waals surface area contributed by atoms with Gasteiger partial charge in [0.1, 0.15) is 0 Å². The zero-order chi connectivity index (χ0) is 16.1. The molecule has 6 nitrogen and oxygen atoms in total. The van der Waals surface area contributed by atoms with Crippen LogP contribution in [0.25, 0.3) is 0 Å². The molecule has 0 spiro atoms. The molecule has 0 bridgehead atoms. The van der Waals surface area contributed by atoms with E-state index < -0.39 is 0 Å². The lowest BCUT2D eigenvalue weighted by atomic mass is 9.84. The number of hydrogen-bond acceptors (Lipinski definition) is 4. The van der Waals surface area contributed by atoms with Crippen molar-refractivity contribution in [2.75, 3.05) is 32.8 Å². The zero-order valence-electron chi connectivity index (χ0n) is 13.9. The Bertz CT molecular complexity index is 419. The molecule has 2 heterocycles. The summed E-state index contributed by atoms with van der Waals surface area (Å²) >= 11 is 0. The van der Waals surface area contributed by atoms with Gasteiger partial charge in [-0.1, -0.05) is 6.42 Å². The Labute approximate surface area is 138 Å². The zero-order valence-corrected chi connectivity index (χ0v) is 13.9. The molecule has 130 valence electrons. The number of hydrogen-bond donors (Lipinski definition) is 2. The van der Waals surface area contributed by atoms with Crippen molar-refractivity contribution in [1.82, 2.24) is 15.5 Å². The number of ether oxygens (including phenoxy) is 1. The molecular weight excluding hydrogens is 294 g/mol. The van der Waals surface area contributed by atoms with E-state index in [1.165, 1.54) is 6.42 Å². The Kier molecular flexibility index (Phi) is 5.89. The van der Waals surface area contributed by atoms with Gasteiger partial charge in [-0.2, -0.15) is 0 Å². The summed E-state index contributed by atoms with van der Waals surface area (Å²) in [4.78, 5) is 26.3. The van der Waals surface area contributed by atoms with Crippen molar-refractivity contribution < 1.29 is 14.3 Å². The molecule has 2 atom stereocenters. The van der Waals surface area contributed by atoms with Crippen molar-refractivity contribution in [3.05, 3.63) is 0 Å². The normalized spacial score (nSPS) is 29.0. The van der Waals surface area contributed by atoms with Crippen molar-refractivity contribution >= 4 is 11.8 Å². The fourth-order valence-corrected chi connectivity index (χ4v) is 3.60. The second-order valence-electron chi connectivity index (χ2n) is 7.15. The van der Waals surface area contributed by atoms with Gasteiger partial charge in [-0.15, -0.1) is 0 Å². The average molecular weight is 323 g/mol. The van der Waals surface area contributed by atoms with Crippen molar-refractivity contribution in [3.63, 3.8) is 0 Å². The van der Waals surface area contributed by atoms with Crippen LogP contribution in [0, 0.1) is 5.92 Å². The summed E-state index contributed by atoms with van der Waals surface area (Å²) in [6.07, 6.45) is 7.63.